The summed E-state index contributed by atoms with van der Waals surface area (Å²) in [5.74, 6) is -0.977. The number of rotatable bonds is 7. The highest BCUT2D eigenvalue weighted by molar-refractivity contribution is 7.99. The first-order chi connectivity index (χ1) is 13.4. The SMILES string of the molecule is CSC(C)(C)CC(=O)N(O)NS(=O)(=O)N1CCN(C(=O)c2ccc(Cl)cc2)CC1. The van der Waals surface area contributed by atoms with E-state index in [0.717, 1.165) is 4.31 Å². The van der Waals surface area contributed by atoms with E-state index in [1.165, 1.54) is 16.7 Å². The van der Waals surface area contributed by atoms with E-state index in [1.807, 2.05) is 24.9 Å². The highest BCUT2D eigenvalue weighted by Gasteiger charge is 2.32. The fourth-order valence-corrected chi connectivity index (χ4v) is 4.11. The van der Waals surface area contributed by atoms with Crippen molar-refractivity contribution < 1.29 is 23.2 Å². The molecule has 1 aliphatic rings. The number of hydrogen-bond acceptors (Lipinski definition) is 6. The van der Waals surface area contributed by atoms with Crippen LogP contribution in [0.15, 0.2) is 24.3 Å². The number of amides is 2. The summed E-state index contributed by atoms with van der Waals surface area (Å²) in [6, 6.07) is 6.45. The van der Waals surface area contributed by atoms with Gasteiger partial charge in [0.1, 0.15) is 0 Å². The van der Waals surface area contributed by atoms with Crippen LogP contribution in [-0.4, -0.2) is 77.0 Å². The van der Waals surface area contributed by atoms with Crippen molar-refractivity contribution in [3.63, 3.8) is 0 Å². The summed E-state index contributed by atoms with van der Waals surface area (Å²) in [6.45, 7) is 4.06. The van der Waals surface area contributed by atoms with Gasteiger partial charge in [0.05, 0.1) is 0 Å². The molecule has 1 heterocycles. The van der Waals surface area contributed by atoms with E-state index >= 15 is 0 Å². The summed E-state index contributed by atoms with van der Waals surface area (Å²) in [7, 11) is -4.13. The van der Waals surface area contributed by atoms with Crippen molar-refractivity contribution in [3.05, 3.63) is 34.9 Å². The van der Waals surface area contributed by atoms with Crippen molar-refractivity contribution >= 4 is 45.4 Å². The lowest BCUT2D eigenvalue weighted by atomic mass is 10.1. The molecule has 2 rings (SSSR count). The Morgan fingerprint density at radius 3 is 2.28 bits per heavy atom. The molecule has 1 fully saturated rings. The molecule has 12 heteroatoms. The standard InChI is InChI=1S/C17H25ClN4O5S2/c1-17(2,28-3)12-15(23)22(25)19-29(26,27)21-10-8-20(9-11-21)16(24)13-4-6-14(18)7-5-13/h4-7,19,25H,8-12H2,1-3H3. The van der Waals surface area contributed by atoms with Crippen LogP contribution >= 0.6 is 23.4 Å². The highest BCUT2D eigenvalue weighted by atomic mass is 35.5. The van der Waals surface area contributed by atoms with Gasteiger partial charge in [0.25, 0.3) is 22.0 Å². The third kappa shape index (κ3) is 6.56. The molecule has 2 amide bonds. The first-order valence-electron chi connectivity index (χ1n) is 8.84. The number of hydroxylamine groups is 1. The largest absolute Gasteiger partial charge is 0.336 e. The Hall–Kier alpha value is -1.37. The lowest BCUT2D eigenvalue weighted by Gasteiger charge is -2.34. The van der Waals surface area contributed by atoms with Crippen molar-refractivity contribution in [2.24, 2.45) is 0 Å². The maximum absolute atomic E-state index is 12.5. The van der Waals surface area contributed by atoms with Gasteiger partial charge in [0, 0.05) is 47.9 Å². The van der Waals surface area contributed by atoms with Crippen molar-refractivity contribution in [3.8, 4) is 0 Å². The van der Waals surface area contributed by atoms with Crippen molar-refractivity contribution in [1.29, 1.82) is 0 Å². The van der Waals surface area contributed by atoms with Crippen LogP contribution in [0.25, 0.3) is 0 Å². The van der Waals surface area contributed by atoms with Gasteiger partial charge in [-0.3, -0.25) is 14.8 Å². The molecule has 0 aliphatic carbocycles. The zero-order chi connectivity index (χ0) is 21.8. The first kappa shape index (κ1) is 23.9. The Bertz CT molecular complexity index is 840. The molecule has 0 aromatic heterocycles. The van der Waals surface area contributed by atoms with Gasteiger partial charge in [-0.2, -0.15) is 24.5 Å². The van der Waals surface area contributed by atoms with Crippen LogP contribution in [0.3, 0.4) is 0 Å². The Labute approximate surface area is 180 Å². The molecule has 0 bridgehead atoms. The van der Waals surface area contributed by atoms with Crippen LogP contribution in [0.2, 0.25) is 5.02 Å². The number of halogens is 1. The number of hydrogen-bond donors (Lipinski definition) is 2. The Kier molecular flexibility index (Phi) is 7.93. The molecular formula is C17H25ClN4O5S2. The maximum Gasteiger partial charge on any atom is 0.298 e. The van der Waals surface area contributed by atoms with E-state index in [4.69, 9.17) is 11.6 Å². The molecule has 1 aromatic rings. The highest BCUT2D eigenvalue weighted by Crippen LogP contribution is 2.25. The van der Waals surface area contributed by atoms with Gasteiger partial charge in [-0.25, -0.2) is 0 Å². The average Bonchev–Trinajstić information content (AvgIpc) is 2.67. The van der Waals surface area contributed by atoms with Crippen LogP contribution in [0.1, 0.15) is 30.6 Å². The Morgan fingerprint density at radius 1 is 1.21 bits per heavy atom. The molecule has 1 saturated heterocycles. The number of piperazine rings is 1. The number of nitrogens with zero attached hydrogens (tertiary/aromatic N) is 3. The number of thioether (sulfide) groups is 1. The molecule has 162 valence electrons. The summed E-state index contributed by atoms with van der Waals surface area (Å²) in [5, 5.41) is 10.4. The summed E-state index contributed by atoms with van der Waals surface area (Å²) in [4.78, 5) is 28.0. The zero-order valence-corrected chi connectivity index (χ0v) is 18.9. The van der Waals surface area contributed by atoms with Gasteiger partial charge >= 0.3 is 0 Å². The molecule has 0 saturated carbocycles. The van der Waals surface area contributed by atoms with Gasteiger partial charge in [-0.05, 0) is 30.5 Å². The predicted molar refractivity (Wildman–Crippen MR) is 112 cm³/mol. The van der Waals surface area contributed by atoms with Crippen LogP contribution < -0.4 is 4.83 Å². The Morgan fingerprint density at radius 2 is 1.76 bits per heavy atom. The monoisotopic (exact) mass is 464 g/mol. The lowest BCUT2D eigenvalue weighted by Crippen LogP contribution is -2.56. The van der Waals surface area contributed by atoms with Crippen LogP contribution in [0, 0.1) is 0 Å². The molecule has 0 unspecified atom stereocenters. The van der Waals surface area contributed by atoms with E-state index in [2.05, 4.69) is 0 Å². The van der Waals surface area contributed by atoms with Crippen molar-refractivity contribution in [1.82, 2.24) is 19.2 Å². The molecule has 1 aromatic carbocycles. The maximum atomic E-state index is 12.5. The van der Waals surface area contributed by atoms with E-state index in [1.54, 1.807) is 24.3 Å². The van der Waals surface area contributed by atoms with Gasteiger partial charge in [-0.15, -0.1) is 5.17 Å². The number of hydrazine groups is 1. The molecule has 0 spiro atoms. The lowest BCUT2D eigenvalue weighted by molar-refractivity contribution is -0.173. The molecule has 1 aliphatic heterocycles. The van der Waals surface area contributed by atoms with Crippen molar-refractivity contribution in [2.75, 3.05) is 32.4 Å². The topological polar surface area (TPSA) is 110 Å². The van der Waals surface area contributed by atoms with E-state index in [-0.39, 0.29) is 43.7 Å². The zero-order valence-electron chi connectivity index (χ0n) is 16.5. The first-order valence-corrected chi connectivity index (χ1v) is 11.9. The molecule has 29 heavy (non-hydrogen) atoms. The number of benzene rings is 1. The van der Waals surface area contributed by atoms with E-state index < -0.39 is 20.9 Å². The summed E-state index contributed by atoms with van der Waals surface area (Å²) in [6.07, 6.45) is 1.78. The molecule has 0 radical (unpaired) electrons. The minimum atomic E-state index is -4.13. The molecular weight excluding hydrogens is 440 g/mol. The van der Waals surface area contributed by atoms with Crippen molar-refractivity contribution in [2.45, 2.75) is 25.0 Å². The van der Waals surface area contributed by atoms with Gasteiger partial charge in [0.2, 0.25) is 0 Å². The minimum Gasteiger partial charge on any atom is -0.336 e. The van der Waals surface area contributed by atoms with E-state index in [0.29, 0.717) is 10.6 Å². The summed E-state index contributed by atoms with van der Waals surface area (Å²) < 4.78 is 25.5. The van der Waals surface area contributed by atoms with Gasteiger partial charge in [-0.1, -0.05) is 30.3 Å². The second-order valence-corrected chi connectivity index (χ2v) is 10.7. The second kappa shape index (κ2) is 9.63. The van der Waals surface area contributed by atoms with Gasteiger partial charge < -0.3 is 4.90 Å². The average molecular weight is 465 g/mol. The Balaban J connectivity index is 1.92. The molecule has 0 atom stereocenters. The number of nitrogens with one attached hydrogen (secondary N) is 1. The third-order valence-corrected chi connectivity index (χ3v) is 7.47. The molecule has 2 N–H and O–H groups in total. The normalized spacial score (nSPS) is 16.0. The fourth-order valence-electron chi connectivity index (χ4n) is 2.64. The summed E-state index contributed by atoms with van der Waals surface area (Å²) >= 11 is 7.25. The quantitative estimate of drug-likeness (QED) is 0.468. The number of carbonyl (C=O) groups excluding carboxylic acids is 2. The number of carbonyl (C=O) groups is 2. The fraction of sp³-hybridized carbons (Fsp3) is 0.529. The smallest absolute Gasteiger partial charge is 0.298 e. The third-order valence-electron chi connectivity index (χ3n) is 4.52. The second-order valence-electron chi connectivity index (χ2n) is 7.14. The molecule has 9 nitrogen and oxygen atoms in total. The van der Waals surface area contributed by atoms with Gasteiger partial charge in [0.15, 0.2) is 0 Å². The van der Waals surface area contributed by atoms with Crippen LogP contribution in [-0.2, 0) is 15.0 Å². The minimum absolute atomic E-state index is 0.0124. The van der Waals surface area contributed by atoms with E-state index in [9.17, 15) is 23.2 Å². The van der Waals surface area contributed by atoms with Crippen LogP contribution in [0.4, 0.5) is 0 Å². The summed E-state index contributed by atoms with van der Waals surface area (Å²) in [5.41, 5.74) is 0.465. The van der Waals surface area contributed by atoms with Crippen LogP contribution in [0.5, 0.6) is 0 Å². The predicted octanol–water partition coefficient (Wildman–Crippen LogP) is 1.60.